The Kier molecular flexibility index (Phi) is 8.40. The van der Waals surface area contributed by atoms with Gasteiger partial charge >= 0.3 is 0 Å². The Labute approximate surface area is 239 Å². The predicted octanol–water partition coefficient (Wildman–Crippen LogP) is 6.39. The fourth-order valence-corrected chi connectivity index (χ4v) is 4.96. The maximum absolute atomic E-state index is 12.6. The van der Waals surface area contributed by atoms with Crippen LogP contribution >= 0.6 is 12.4 Å². The average molecular weight is 561 g/mol. The van der Waals surface area contributed by atoms with Crippen LogP contribution in [-0.4, -0.2) is 29.2 Å². The van der Waals surface area contributed by atoms with E-state index in [1.54, 1.807) is 36.4 Å². The molecule has 8 nitrogen and oxygen atoms in total. The van der Waals surface area contributed by atoms with E-state index in [9.17, 15) is 9.90 Å². The van der Waals surface area contributed by atoms with Gasteiger partial charge in [-0.15, -0.1) is 12.4 Å². The van der Waals surface area contributed by atoms with E-state index in [1.165, 1.54) is 0 Å². The molecule has 0 saturated carbocycles. The summed E-state index contributed by atoms with van der Waals surface area (Å²) in [5.74, 6) is 1.43. The van der Waals surface area contributed by atoms with Crippen LogP contribution in [0.2, 0.25) is 0 Å². The zero-order valence-electron chi connectivity index (χ0n) is 22.4. The quantitative estimate of drug-likeness (QED) is 0.132. The lowest BCUT2D eigenvalue weighted by atomic mass is 9.86. The molecule has 0 aromatic heterocycles. The number of hydrogen-bond acceptors (Lipinski definition) is 5. The van der Waals surface area contributed by atoms with Crippen LogP contribution in [0.5, 0.6) is 17.2 Å². The highest BCUT2D eigenvalue weighted by molar-refractivity contribution is 6.05. The maximum atomic E-state index is 12.6. The minimum atomic E-state index is -0.390. The summed E-state index contributed by atoms with van der Waals surface area (Å²) in [6, 6.07) is 21.8. The van der Waals surface area contributed by atoms with Gasteiger partial charge in [-0.3, -0.25) is 10.2 Å². The molecule has 0 bridgehead atoms. The second-order valence-electron chi connectivity index (χ2n) is 10.1. The number of rotatable bonds is 7. The molecular formula is C31H33ClN4O4. The largest absolute Gasteiger partial charge is 0.507 e. The topological polar surface area (TPSA) is 130 Å². The summed E-state index contributed by atoms with van der Waals surface area (Å²) in [6.07, 6.45) is 2.36. The van der Waals surface area contributed by atoms with Crippen LogP contribution in [0.1, 0.15) is 41.3 Å². The van der Waals surface area contributed by atoms with Crippen LogP contribution in [0.3, 0.4) is 0 Å². The zero-order chi connectivity index (χ0) is 27.6. The zero-order valence-corrected chi connectivity index (χ0v) is 23.2. The molecule has 1 amide bonds. The third-order valence-corrected chi connectivity index (χ3v) is 7.18. The molecule has 1 aliphatic rings. The first kappa shape index (κ1) is 28.6. The van der Waals surface area contributed by atoms with Crippen molar-refractivity contribution in [2.45, 2.75) is 38.7 Å². The summed E-state index contributed by atoms with van der Waals surface area (Å²) in [7, 11) is 0. The number of nitrogens with one attached hydrogen (secondary N) is 3. The molecule has 1 unspecified atom stereocenters. The fraction of sp³-hybridized carbons (Fsp3) is 0.226. The first-order valence-corrected chi connectivity index (χ1v) is 12.9. The van der Waals surface area contributed by atoms with Crippen molar-refractivity contribution in [2.75, 3.05) is 17.2 Å². The minimum Gasteiger partial charge on any atom is -0.507 e. The number of phenolic OH excluding ortho intramolecular Hbond substituents is 1. The van der Waals surface area contributed by atoms with Crippen molar-refractivity contribution >= 4 is 46.4 Å². The van der Waals surface area contributed by atoms with Crippen LogP contribution in [-0.2, 0) is 6.42 Å². The molecule has 1 heterocycles. The highest BCUT2D eigenvalue weighted by Crippen LogP contribution is 2.45. The second-order valence-corrected chi connectivity index (χ2v) is 10.1. The number of hydrogen-bond donors (Lipinski definition) is 5. The van der Waals surface area contributed by atoms with Crippen LogP contribution < -0.4 is 25.8 Å². The molecule has 0 saturated heterocycles. The van der Waals surface area contributed by atoms with Gasteiger partial charge in [-0.05, 0) is 74.7 Å². The van der Waals surface area contributed by atoms with Gasteiger partial charge in [0.15, 0.2) is 5.96 Å². The molecule has 0 fully saturated rings. The Morgan fingerprint density at radius 2 is 1.77 bits per heavy atom. The van der Waals surface area contributed by atoms with Crippen molar-refractivity contribution < 1.29 is 19.4 Å². The number of carbonyl (C=O) groups excluding carboxylic acids is 1. The lowest BCUT2D eigenvalue weighted by Crippen LogP contribution is -2.38. The summed E-state index contributed by atoms with van der Waals surface area (Å²) in [4.78, 5) is 12.6. The van der Waals surface area contributed by atoms with Gasteiger partial charge in [-0.2, -0.15) is 0 Å². The number of carbonyl (C=O) groups is 1. The molecule has 40 heavy (non-hydrogen) atoms. The summed E-state index contributed by atoms with van der Waals surface area (Å²) in [5.41, 5.74) is 8.59. The Hall–Kier alpha value is -4.43. The Morgan fingerprint density at radius 1 is 1.05 bits per heavy atom. The average Bonchev–Trinajstić information content (AvgIpc) is 2.92. The van der Waals surface area contributed by atoms with Crippen molar-refractivity contribution in [3.8, 4) is 17.2 Å². The van der Waals surface area contributed by atoms with E-state index < -0.39 is 0 Å². The maximum Gasteiger partial charge on any atom is 0.255 e. The van der Waals surface area contributed by atoms with E-state index in [0.29, 0.717) is 41.5 Å². The van der Waals surface area contributed by atoms with E-state index in [4.69, 9.17) is 20.6 Å². The summed E-state index contributed by atoms with van der Waals surface area (Å²) >= 11 is 0. The Balaban J connectivity index is 0.00000370. The number of amides is 1. The van der Waals surface area contributed by atoms with Crippen LogP contribution in [0.25, 0.3) is 10.8 Å². The number of phenols is 1. The number of halogens is 1. The van der Waals surface area contributed by atoms with E-state index in [1.807, 2.05) is 43.3 Å². The van der Waals surface area contributed by atoms with Gasteiger partial charge in [0.25, 0.3) is 5.91 Å². The van der Waals surface area contributed by atoms with Gasteiger partial charge in [0.1, 0.15) is 22.8 Å². The highest BCUT2D eigenvalue weighted by atomic mass is 35.5. The van der Waals surface area contributed by atoms with Crippen molar-refractivity contribution in [3.63, 3.8) is 0 Å². The Bertz CT molecular complexity index is 1560. The number of ether oxygens (including phenoxy) is 2. The summed E-state index contributed by atoms with van der Waals surface area (Å²) in [5, 5.41) is 25.3. The SMILES string of the molecule is Cc1c2c(c3ccccc3c1O)OC(C)(CCOc1ccc(NC(=O)c3cccc(NC(=N)N)c3)cc1)CC2.Cl. The molecule has 4 aromatic carbocycles. The third-order valence-electron chi connectivity index (χ3n) is 7.18. The lowest BCUT2D eigenvalue weighted by molar-refractivity contribution is 0.0437. The molecule has 9 heteroatoms. The van der Waals surface area contributed by atoms with E-state index in [0.717, 1.165) is 40.5 Å². The molecule has 0 radical (unpaired) electrons. The second kappa shape index (κ2) is 11.8. The normalized spacial score (nSPS) is 15.8. The van der Waals surface area contributed by atoms with Crippen LogP contribution in [0.4, 0.5) is 11.4 Å². The predicted molar refractivity (Wildman–Crippen MR) is 161 cm³/mol. The van der Waals surface area contributed by atoms with Gasteiger partial charge in [0.05, 0.1) is 6.61 Å². The summed E-state index contributed by atoms with van der Waals surface area (Å²) in [6.45, 7) is 4.53. The van der Waals surface area contributed by atoms with E-state index in [-0.39, 0.29) is 29.9 Å². The standard InChI is InChI=1S/C31H32N4O4.ClH/c1-19-24-14-15-31(2,39-28(24)26-9-4-3-8-25(26)27(19)36)16-17-38-23-12-10-21(11-13-23)34-29(37)20-6-5-7-22(18-20)35-30(32)33;/h3-13,18,36H,14-17H2,1-2H3,(H,34,37)(H4,32,33,35);1H. The minimum absolute atomic E-state index is 0. The number of aromatic hydroxyl groups is 1. The van der Waals surface area contributed by atoms with Crippen LogP contribution in [0.15, 0.2) is 72.8 Å². The number of anilines is 2. The van der Waals surface area contributed by atoms with Gasteiger partial charge in [0, 0.05) is 39.7 Å². The molecule has 0 spiro atoms. The smallest absolute Gasteiger partial charge is 0.255 e. The van der Waals surface area contributed by atoms with Gasteiger partial charge in [0.2, 0.25) is 0 Å². The molecule has 0 aliphatic carbocycles. The van der Waals surface area contributed by atoms with Crippen molar-refractivity contribution in [2.24, 2.45) is 5.73 Å². The monoisotopic (exact) mass is 560 g/mol. The number of guanidine groups is 1. The van der Waals surface area contributed by atoms with Gasteiger partial charge in [-0.25, -0.2) is 0 Å². The fourth-order valence-electron chi connectivity index (χ4n) is 4.96. The number of benzene rings is 4. The first-order chi connectivity index (χ1) is 18.7. The van der Waals surface area contributed by atoms with Gasteiger partial charge < -0.3 is 30.9 Å². The molecule has 1 atom stereocenters. The number of fused-ring (bicyclic) bond motifs is 3. The van der Waals surface area contributed by atoms with Crippen LogP contribution in [0, 0.1) is 12.3 Å². The highest BCUT2D eigenvalue weighted by Gasteiger charge is 2.34. The molecule has 1 aliphatic heterocycles. The molecule has 208 valence electrons. The first-order valence-electron chi connectivity index (χ1n) is 12.9. The van der Waals surface area contributed by atoms with Gasteiger partial charge in [-0.1, -0.05) is 30.3 Å². The molecule has 6 N–H and O–H groups in total. The third kappa shape index (κ3) is 6.07. The number of nitrogens with two attached hydrogens (primary N) is 1. The van der Waals surface area contributed by atoms with Crippen molar-refractivity contribution in [3.05, 3.63) is 89.5 Å². The van der Waals surface area contributed by atoms with E-state index in [2.05, 4.69) is 17.6 Å². The Morgan fingerprint density at radius 3 is 2.50 bits per heavy atom. The van der Waals surface area contributed by atoms with E-state index >= 15 is 0 Å². The summed E-state index contributed by atoms with van der Waals surface area (Å²) < 4.78 is 12.6. The lowest BCUT2D eigenvalue weighted by Gasteiger charge is -2.37. The van der Waals surface area contributed by atoms with Crippen molar-refractivity contribution in [1.82, 2.24) is 0 Å². The van der Waals surface area contributed by atoms with Crippen molar-refractivity contribution in [1.29, 1.82) is 5.41 Å². The molecule has 4 aromatic rings. The molecular weight excluding hydrogens is 528 g/mol. The molecule has 5 rings (SSSR count).